The highest BCUT2D eigenvalue weighted by atomic mass is 35.5. The van der Waals surface area contributed by atoms with E-state index in [2.05, 4.69) is 20.4 Å². The van der Waals surface area contributed by atoms with E-state index in [0.29, 0.717) is 34.0 Å². The molecule has 1 fully saturated rings. The quantitative estimate of drug-likeness (QED) is 0.792. The molecule has 0 saturated carbocycles. The normalized spacial score (nSPS) is 18.5. The lowest BCUT2D eigenvalue weighted by Crippen LogP contribution is -2.46. The number of hydrogen-bond acceptors (Lipinski definition) is 5. The molecule has 1 aromatic heterocycles. The van der Waals surface area contributed by atoms with Gasteiger partial charge in [-0.1, -0.05) is 55.6 Å². The average molecular weight is 411 g/mol. The van der Waals surface area contributed by atoms with Crippen molar-refractivity contribution in [3.05, 3.63) is 40.0 Å². The van der Waals surface area contributed by atoms with Crippen molar-refractivity contribution >= 4 is 34.8 Å². The smallest absolute Gasteiger partial charge is 0.241 e. The van der Waals surface area contributed by atoms with E-state index in [1.807, 2.05) is 20.8 Å². The Morgan fingerprint density at radius 1 is 1.30 bits per heavy atom. The molecule has 0 spiro atoms. The van der Waals surface area contributed by atoms with E-state index in [1.54, 1.807) is 18.2 Å². The summed E-state index contributed by atoms with van der Waals surface area (Å²) in [4.78, 5) is 19.4. The second kappa shape index (κ2) is 8.17. The topological polar surface area (TPSA) is 71.3 Å². The van der Waals surface area contributed by atoms with Crippen LogP contribution in [0.3, 0.4) is 0 Å². The first-order valence-corrected chi connectivity index (χ1v) is 9.82. The average Bonchev–Trinajstić information content (AvgIpc) is 3.07. The molecular formula is C19H24Cl2N4O2. The number of benzene rings is 1. The van der Waals surface area contributed by atoms with Crippen LogP contribution < -0.4 is 5.32 Å². The molecule has 146 valence electrons. The molecule has 8 heteroatoms. The summed E-state index contributed by atoms with van der Waals surface area (Å²) >= 11 is 12.0. The van der Waals surface area contributed by atoms with E-state index in [0.717, 1.165) is 25.8 Å². The first-order chi connectivity index (χ1) is 12.7. The molecule has 2 heterocycles. The van der Waals surface area contributed by atoms with Gasteiger partial charge in [0.15, 0.2) is 5.82 Å². The maximum atomic E-state index is 12.8. The Morgan fingerprint density at radius 3 is 2.74 bits per heavy atom. The number of carbonyl (C=O) groups is 1. The fourth-order valence-electron chi connectivity index (χ4n) is 3.07. The number of nitrogens with one attached hydrogen (secondary N) is 1. The van der Waals surface area contributed by atoms with E-state index >= 15 is 0 Å². The summed E-state index contributed by atoms with van der Waals surface area (Å²) in [5.74, 6) is 1.14. The third-order valence-electron chi connectivity index (χ3n) is 4.58. The predicted molar refractivity (Wildman–Crippen MR) is 106 cm³/mol. The Bertz CT molecular complexity index is 816. The van der Waals surface area contributed by atoms with Crippen LogP contribution in [0.5, 0.6) is 0 Å². The minimum atomic E-state index is -0.252. The van der Waals surface area contributed by atoms with Crippen LogP contribution in [0.2, 0.25) is 10.0 Å². The largest absolute Gasteiger partial charge is 0.338 e. The van der Waals surface area contributed by atoms with E-state index < -0.39 is 0 Å². The second-order valence-electron chi connectivity index (χ2n) is 7.86. The van der Waals surface area contributed by atoms with Gasteiger partial charge in [-0.15, -0.1) is 0 Å². The molecule has 1 unspecified atom stereocenters. The van der Waals surface area contributed by atoms with Gasteiger partial charge < -0.3 is 9.84 Å². The van der Waals surface area contributed by atoms with Gasteiger partial charge in [-0.05, 0) is 37.6 Å². The first-order valence-electron chi connectivity index (χ1n) is 9.07. The second-order valence-corrected chi connectivity index (χ2v) is 8.68. The van der Waals surface area contributed by atoms with Crippen LogP contribution in [0.1, 0.15) is 51.7 Å². The molecule has 27 heavy (non-hydrogen) atoms. The Labute approximate surface area is 169 Å². The molecule has 1 amide bonds. The molecule has 0 aliphatic carbocycles. The zero-order chi connectivity index (χ0) is 19.6. The summed E-state index contributed by atoms with van der Waals surface area (Å²) < 4.78 is 5.40. The van der Waals surface area contributed by atoms with Crippen LogP contribution in [-0.2, 0) is 16.8 Å². The molecule has 3 rings (SSSR count). The van der Waals surface area contributed by atoms with Crippen molar-refractivity contribution in [2.75, 3.05) is 11.9 Å². The van der Waals surface area contributed by atoms with Gasteiger partial charge in [-0.3, -0.25) is 9.69 Å². The highest BCUT2D eigenvalue weighted by Gasteiger charge is 2.31. The number of carbonyl (C=O) groups excluding carboxylic acids is 1. The van der Waals surface area contributed by atoms with Crippen molar-refractivity contribution in [2.45, 2.75) is 58.0 Å². The van der Waals surface area contributed by atoms with E-state index in [-0.39, 0.29) is 17.4 Å². The molecule has 6 nitrogen and oxygen atoms in total. The summed E-state index contributed by atoms with van der Waals surface area (Å²) in [6.45, 7) is 7.39. The molecular weight excluding hydrogens is 387 g/mol. The van der Waals surface area contributed by atoms with Crippen LogP contribution in [-0.4, -0.2) is 33.5 Å². The van der Waals surface area contributed by atoms with Crippen molar-refractivity contribution in [2.24, 2.45) is 0 Å². The number of rotatable bonds is 4. The maximum Gasteiger partial charge on any atom is 0.241 e. The third-order valence-corrected chi connectivity index (χ3v) is 5.32. The number of piperidine rings is 1. The van der Waals surface area contributed by atoms with Crippen LogP contribution in [0, 0.1) is 0 Å². The van der Waals surface area contributed by atoms with Crippen molar-refractivity contribution in [3.63, 3.8) is 0 Å². The van der Waals surface area contributed by atoms with E-state index in [9.17, 15) is 4.79 Å². The SMILES string of the molecule is CC(C)(C)c1noc(CN2CCCCC2C(=O)Nc2ccc(Cl)c(Cl)c2)n1. The molecule has 1 saturated heterocycles. The fraction of sp³-hybridized carbons (Fsp3) is 0.526. The number of likely N-dealkylation sites (tertiary alicyclic amines) is 1. The number of nitrogens with zero attached hydrogens (tertiary/aromatic N) is 3. The van der Waals surface area contributed by atoms with Crippen LogP contribution in [0.4, 0.5) is 5.69 Å². The van der Waals surface area contributed by atoms with Gasteiger partial charge in [0, 0.05) is 11.1 Å². The van der Waals surface area contributed by atoms with Crippen LogP contribution >= 0.6 is 23.2 Å². The van der Waals surface area contributed by atoms with Crippen LogP contribution in [0.15, 0.2) is 22.7 Å². The number of hydrogen-bond donors (Lipinski definition) is 1. The van der Waals surface area contributed by atoms with Gasteiger partial charge in [0.05, 0.1) is 22.6 Å². The molecule has 1 aliphatic heterocycles. The monoisotopic (exact) mass is 410 g/mol. The van der Waals surface area contributed by atoms with Gasteiger partial charge in [-0.25, -0.2) is 0 Å². The molecule has 1 atom stereocenters. The van der Waals surface area contributed by atoms with Gasteiger partial charge in [0.2, 0.25) is 11.8 Å². The van der Waals surface area contributed by atoms with Gasteiger partial charge in [0.25, 0.3) is 0 Å². The summed E-state index contributed by atoms with van der Waals surface area (Å²) in [6.07, 6.45) is 2.83. The zero-order valence-electron chi connectivity index (χ0n) is 15.8. The number of amides is 1. The summed E-state index contributed by atoms with van der Waals surface area (Å²) in [6, 6.07) is 4.82. The molecule has 1 N–H and O–H groups in total. The zero-order valence-corrected chi connectivity index (χ0v) is 17.3. The Balaban J connectivity index is 1.70. The number of anilines is 1. The number of halogens is 2. The van der Waals surface area contributed by atoms with Gasteiger partial charge in [-0.2, -0.15) is 4.98 Å². The summed E-state index contributed by atoms with van der Waals surface area (Å²) in [7, 11) is 0. The molecule has 2 aromatic rings. The highest BCUT2D eigenvalue weighted by Crippen LogP contribution is 2.27. The third kappa shape index (κ3) is 5.00. The van der Waals surface area contributed by atoms with Crippen LogP contribution in [0.25, 0.3) is 0 Å². The lowest BCUT2D eigenvalue weighted by Gasteiger charge is -2.33. The van der Waals surface area contributed by atoms with E-state index in [1.165, 1.54) is 0 Å². The highest BCUT2D eigenvalue weighted by molar-refractivity contribution is 6.42. The Hall–Kier alpha value is -1.63. The van der Waals surface area contributed by atoms with Crippen molar-refractivity contribution in [1.29, 1.82) is 0 Å². The minimum absolute atomic E-state index is 0.0661. The molecule has 1 aliphatic rings. The molecule has 0 bridgehead atoms. The minimum Gasteiger partial charge on any atom is -0.338 e. The van der Waals surface area contributed by atoms with Gasteiger partial charge in [0.1, 0.15) is 0 Å². The molecule has 0 radical (unpaired) electrons. The predicted octanol–water partition coefficient (Wildman–Crippen LogP) is 4.67. The summed E-state index contributed by atoms with van der Waals surface area (Å²) in [5.41, 5.74) is 0.460. The summed E-state index contributed by atoms with van der Waals surface area (Å²) in [5, 5.41) is 7.87. The van der Waals surface area contributed by atoms with Crippen molar-refractivity contribution < 1.29 is 9.32 Å². The van der Waals surface area contributed by atoms with Gasteiger partial charge >= 0.3 is 0 Å². The number of aromatic nitrogens is 2. The van der Waals surface area contributed by atoms with Crippen molar-refractivity contribution in [1.82, 2.24) is 15.0 Å². The lowest BCUT2D eigenvalue weighted by molar-refractivity contribution is -0.122. The molecule has 1 aromatic carbocycles. The Morgan fingerprint density at radius 2 is 2.07 bits per heavy atom. The first kappa shape index (κ1) is 20.1. The Kier molecular flexibility index (Phi) is 6.08. The van der Waals surface area contributed by atoms with Crippen molar-refractivity contribution in [3.8, 4) is 0 Å². The standard InChI is InChI=1S/C19H24Cl2N4O2/c1-19(2,3)18-23-16(27-24-18)11-25-9-5-4-6-15(25)17(26)22-12-7-8-13(20)14(21)10-12/h7-8,10,15H,4-6,9,11H2,1-3H3,(H,22,26). The fourth-order valence-corrected chi connectivity index (χ4v) is 3.37. The van der Waals surface area contributed by atoms with E-state index in [4.69, 9.17) is 27.7 Å². The lowest BCUT2D eigenvalue weighted by atomic mass is 9.96. The maximum absolute atomic E-state index is 12.8.